The Labute approximate surface area is 94.2 Å². The van der Waals surface area contributed by atoms with Crippen molar-refractivity contribution in [2.45, 2.75) is 19.8 Å². The van der Waals surface area contributed by atoms with Gasteiger partial charge >= 0.3 is 0 Å². The summed E-state index contributed by atoms with van der Waals surface area (Å²) in [5, 5.41) is 0. The Kier molecular flexibility index (Phi) is 3.98. The average molecular weight is 248 g/mol. The predicted molar refractivity (Wildman–Crippen MR) is 50.5 cm³/mol. The second kappa shape index (κ2) is 5.07. The summed E-state index contributed by atoms with van der Waals surface area (Å²) in [6.07, 6.45) is -0.628. The zero-order chi connectivity index (χ0) is 13.2. The molecule has 0 N–H and O–H groups in total. The third-order valence-electron chi connectivity index (χ3n) is 2.16. The van der Waals surface area contributed by atoms with E-state index >= 15 is 0 Å². The van der Waals surface area contributed by atoms with Gasteiger partial charge < -0.3 is 0 Å². The van der Waals surface area contributed by atoms with E-state index in [4.69, 9.17) is 0 Å². The number of Topliss-reactive ketones (excluding diaryl/α,β-unsaturated/α-hetero) is 2. The molecule has 0 atom stereocenters. The van der Waals surface area contributed by atoms with Crippen LogP contribution in [0.15, 0.2) is 6.07 Å². The van der Waals surface area contributed by atoms with Crippen molar-refractivity contribution in [1.82, 2.24) is 0 Å². The van der Waals surface area contributed by atoms with Gasteiger partial charge in [-0.05, 0) is 6.07 Å². The van der Waals surface area contributed by atoms with Gasteiger partial charge in [-0.25, -0.2) is 17.6 Å². The largest absolute Gasteiger partial charge is 0.299 e. The monoisotopic (exact) mass is 248 g/mol. The lowest BCUT2D eigenvalue weighted by atomic mass is 10.0. The van der Waals surface area contributed by atoms with E-state index in [0.717, 1.165) is 0 Å². The van der Waals surface area contributed by atoms with Gasteiger partial charge in [0.2, 0.25) is 0 Å². The topological polar surface area (TPSA) is 34.1 Å². The fourth-order valence-corrected chi connectivity index (χ4v) is 1.18. The number of carbonyl (C=O) groups excluding carboxylic acids is 2. The molecule has 0 radical (unpaired) electrons. The lowest BCUT2D eigenvalue weighted by Gasteiger charge is -2.04. The van der Waals surface area contributed by atoms with Gasteiger partial charge in [-0.3, -0.25) is 9.59 Å². The zero-order valence-electron chi connectivity index (χ0n) is 8.82. The summed E-state index contributed by atoms with van der Waals surface area (Å²) >= 11 is 0. The van der Waals surface area contributed by atoms with E-state index in [2.05, 4.69) is 0 Å². The van der Waals surface area contributed by atoms with Gasteiger partial charge in [0.05, 0.1) is 12.0 Å². The van der Waals surface area contributed by atoms with E-state index in [-0.39, 0.29) is 12.5 Å². The minimum atomic E-state index is -2.06. The fraction of sp³-hybridized carbons (Fsp3) is 0.273. The van der Waals surface area contributed by atoms with Crippen molar-refractivity contribution < 1.29 is 27.2 Å². The number of halogens is 4. The molecule has 0 aromatic heterocycles. The maximum atomic E-state index is 13.1. The Morgan fingerprint density at radius 1 is 1.06 bits per heavy atom. The van der Waals surface area contributed by atoms with Crippen LogP contribution in [-0.4, -0.2) is 11.6 Å². The third-order valence-corrected chi connectivity index (χ3v) is 2.16. The number of hydrogen-bond donors (Lipinski definition) is 0. The van der Waals surface area contributed by atoms with Crippen molar-refractivity contribution in [3.05, 3.63) is 34.9 Å². The van der Waals surface area contributed by atoms with Gasteiger partial charge in [0.25, 0.3) is 0 Å². The maximum Gasteiger partial charge on any atom is 0.198 e. The first-order valence-electron chi connectivity index (χ1n) is 4.76. The molecule has 0 aliphatic rings. The van der Waals surface area contributed by atoms with Gasteiger partial charge in [-0.15, -0.1) is 0 Å². The number of hydrogen-bond acceptors (Lipinski definition) is 2. The van der Waals surface area contributed by atoms with E-state index in [1.807, 2.05) is 0 Å². The summed E-state index contributed by atoms with van der Waals surface area (Å²) in [5.41, 5.74) is -0.955. The molecule has 17 heavy (non-hydrogen) atoms. The van der Waals surface area contributed by atoms with Gasteiger partial charge in [-0.1, -0.05) is 6.92 Å². The second-order valence-corrected chi connectivity index (χ2v) is 3.34. The fourth-order valence-electron chi connectivity index (χ4n) is 1.18. The molecule has 0 saturated carbocycles. The highest BCUT2D eigenvalue weighted by Gasteiger charge is 2.23. The van der Waals surface area contributed by atoms with E-state index in [9.17, 15) is 27.2 Å². The molecule has 0 aliphatic heterocycles. The molecular weight excluding hydrogens is 240 g/mol. The molecule has 92 valence electrons. The van der Waals surface area contributed by atoms with E-state index in [1.54, 1.807) is 0 Å². The van der Waals surface area contributed by atoms with Crippen LogP contribution in [0.1, 0.15) is 30.1 Å². The molecule has 0 unspecified atom stereocenters. The molecule has 1 aromatic rings. The molecule has 2 nitrogen and oxygen atoms in total. The molecule has 6 heteroatoms. The Hall–Kier alpha value is -1.72. The van der Waals surface area contributed by atoms with E-state index in [0.29, 0.717) is 0 Å². The summed E-state index contributed by atoms with van der Waals surface area (Å²) in [5.74, 6) is -9.07. The molecule has 1 rings (SSSR count). The van der Waals surface area contributed by atoms with E-state index in [1.165, 1.54) is 6.92 Å². The first kappa shape index (κ1) is 13.3. The highest BCUT2D eigenvalue weighted by molar-refractivity contribution is 6.08. The first-order valence-corrected chi connectivity index (χ1v) is 4.76. The lowest BCUT2D eigenvalue weighted by molar-refractivity contribution is -0.117. The Balaban J connectivity index is 3.15. The molecule has 0 saturated heterocycles. The molecule has 0 bridgehead atoms. The molecule has 1 aromatic carbocycles. The van der Waals surface area contributed by atoms with Crippen molar-refractivity contribution >= 4 is 11.6 Å². The van der Waals surface area contributed by atoms with Crippen molar-refractivity contribution in [2.24, 2.45) is 0 Å². The molecule has 0 spiro atoms. The van der Waals surface area contributed by atoms with E-state index < -0.39 is 46.8 Å². The van der Waals surface area contributed by atoms with Gasteiger partial charge in [0.1, 0.15) is 5.78 Å². The van der Waals surface area contributed by atoms with Crippen molar-refractivity contribution in [1.29, 1.82) is 0 Å². The smallest absolute Gasteiger partial charge is 0.198 e. The molecule has 0 heterocycles. The second-order valence-electron chi connectivity index (χ2n) is 3.34. The first-order chi connectivity index (χ1) is 7.88. The zero-order valence-corrected chi connectivity index (χ0v) is 8.82. The summed E-state index contributed by atoms with van der Waals surface area (Å²) < 4.78 is 51.3. The minimum Gasteiger partial charge on any atom is -0.299 e. The molecular formula is C11H8F4O2. The van der Waals surface area contributed by atoms with Crippen LogP contribution in [-0.2, 0) is 4.79 Å². The Morgan fingerprint density at radius 2 is 1.65 bits per heavy atom. The third kappa shape index (κ3) is 2.69. The SMILES string of the molecule is CCC(=O)CC(=O)c1cc(F)c(F)c(F)c1F. The number of ketones is 2. The summed E-state index contributed by atoms with van der Waals surface area (Å²) in [7, 11) is 0. The number of rotatable bonds is 4. The highest BCUT2D eigenvalue weighted by Crippen LogP contribution is 2.20. The highest BCUT2D eigenvalue weighted by atomic mass is 19.2. The van der Waals surface area contributed by atoms with Crippen LogP contribution in [0.4, 0.5) is 17.6 Å². The van der Waals surface area contributed by atoms with Crippen LogP contribution < -0.4 is 0 Å². The normalized spacial score (nSPS) is 10.4. The lowest BCUT2D eigenvalue weighted by Crippen LogP contribution is -2.12. The van der Waals surface area contributed by atoms with Crippen molar-refractivity contribution in [3.63, 3.8) is 0 Å². The molecule has 0 fully saturated rings. The van der Waals surface area contributed by atoms with Crippen molar-refractivity contribution in [3.8, 4) is 0 Å². The van der Waals surface area contributed by atoms with Crippen LogP contribution in [0, 0.1) is 23.3 Å². The van der Waals surface area contributed by atoms with Crippen LogP contribution in [0.2, 0.25) is 0 Å². The van der Waals surface area contributed by atoms with Crippen LogP contribution >= 0.6 is 0 Å². The van der Waals surface area contributed by atoms with Gasteiger partial charge in [0, 0.05) is 6.42 Å². The Bertz CT molecular complexity index is 483. The average Bonchev–Trinajstić information content (AvgIpc) is 2.30. The quantitative estimate of drug-likeness (QED) is 0.270. The predicted octanol–water partition coefficient (Wildman–Crippen LogP) is 2.79. The van der Waals surface area contributed by atoms with Crippen molar-refractivity contribution in [2.75, 3.05) is 0 Å². The summed E-state index contributed by atoms with van der Waals surface area (Å²) in [6.45, 7) is 1.48. The standard InChI is InChI=1S/C11H8F4O2/c1-2-5(16)3-8(17)6-4-7(12)10(14)11(15)9(6)13/h4H,2-3H2,1H3. The van der Waals surface area contributed by atoms with Crippen LogP contribution in [0.25, 0.3) is 0 Å². The molecule has 0 amide bonds. The van der Waals surface area contributed by atoms with Gasteiger partial charge in [0.15, 0.2) is 29.1 Å². The Morgan fingerprint density at radius 3 is 2.18 bits per heavy atom. The maximum absolute atomic E-state index is 13.1. The number of benzene rings is 1. The van der Waals surface area contributed by atoms with Gasteiger partial charge in [-0.2, -0.15) is 0 Å². The van der Waals surface area contributed by atoms with Crippen LogP contribution in [0.3, 0.4) is 0 Å². The summed E-state index contributed by atoms with van der Waals surface area (Å²) in [6, 6.07) is 0.249. The molecule has 0 aliphatic carbocycles. The number of carbonyl (C=O) groups is 2. The summed E-state index contributed by atoms with van der Waals surface area (Å²) in [4.78, 5) is 22.3. The van der Waals surface area contributed by atoms with Crippen LogP contribution in [0.5, 0.6) is 0 Å². The minimum absolute atomic E-state index is 0.0412.